The van der Waals surface area contributed by atoms with Crippen molar-refractivity contribution in [1.29, 1.82) is 0 Å². The molecule has 1 aromatic carbocycles. The molecule has 0 aliphatic heterocycles. The summed E-state index contributed by atoms with van der Waals surface area (Å²) >= 11 is 0. The van der Waals surface area contributed by atoms with E-state index < -0.39 is 18.8 Å². The highest BCUT2D eigenvalue weighted by Gasteiger charge is 2.28. The third-order valence-electron chi connectivity index (χ3n) is 2.91. The minimum absolute atomic E-state index is 0.00730. The van der Waals surface area contributed by atoms with Gasteiger partial charge in [-0.2, -0.15) is 13.2 Å². The number of hydrogen-bond acceptors (Lipinski definition) is 2. The summed E-state index contributed by atoms with van der Waals surface area (Å²) in [5, 5.41) is 11.5. The summed E-state index contributed by atoms with van der Waals surface area (Å²) in [6, 6.07) is 6.58. The Hall–Kier alpha value is -1.07. The van der Waals surface area contributed by atoms with Crippen LogP contribution in [0.2, 0.25) is 0 Å². The molecule has 0 radical (unpaired) electrons. The first-order valence-electron chi connectivity index (χ1n) is 6.15. The van der Waals surface area contributed by atoms with Crippen LogP contribution in [-0.2, 0) is 5.41 Å². The summed E-state index contributed by atoms with van der Waals surface area (Å²) in [6.07, 6.45) is -4.28. The van der Waals surface area contributed by atoms with Crippen LogP contribution in [0.1, 0.15) is 37.9 Å². The molecule has 2 nitrogen and oxygen atoms in total. The Morgan fingerprint density at radius 2 is 1.63 bits per heavy atom. The first-order chi connectivity index (χ1) is 8.63. The van der Waals surface area contributed by atoms with Gasteiger partial charge in [0, 0.05) is 0 Å². The van der Waals surface area contributed by atoms with Crippen molar-refractivity contribution in [2.24, 2.45) is 0 Å². The van der Waals surface area contributed by atoms with E-state index in [1.807, 2.05) is 12.1 Å². The highest BCUT2D eigenvalue weighted by Crippen LogP contribution is 2.24. The molecule has 19 heavy (non-hydrogen) atoms. The maximum atomic E-state index is 12.1. The molecule has 108 valence electrons. The Labute approximate surface area is 111 Å². The highest BCUT2D eigenvalue weighted by atomic mass is 19.4. The molecule has 2 N–H and O–H groups in total. The average molecular weight is 275 g/mol. The van der Waals surface area contributed by atoms with E-state index >= 15 is 0 Å². The molecule has 0 aromatic heterocycles. The predicted octanol–water partition coefficient (Wildman–Crippen LogP) is 3.17. The summed E-state index contributed by atoms with van der Waals surface area (Å²) in [7, 11) is 0. The molecule has 0 fully saturated rings. The fourth-order valence-corrected chi connectivity index (χ4v) is 1.74. The van der Waals surface area contributed by atoms with Gasteiger partial charge in [-0.25, -0.2) is 0 Å². The van der Waals surface area contributed by atoms with E-state index in [-0.39, 0.29) is 12.0 Å². The zero-order valence-corrected chi connectivity index (χ0v) is 11.4. The quantitative estimate of drug-likeness (QED) is 0.884. The molecule has 0 spiro atoms. The molecule has 0 aliphatic rings. The summed E-state index contributed by atoms with van der Waals surface area (Å²) in [4.78, 5) is 0. The van der Waals surface area contributed by atoms with Crippen LogP contribution >= 0.6 is 0 Å². The van der Waals surface area contributed by atoms with Gasteiger partial charge in [0.15, 0.2) is 0 Å². The summed E-state index contributed by atoms with van der Waals surface area (Å²) < 4.78 is 36.4. The Kier molecular flexibility index (Phi) is 4.98. The number of aliphatic hydroxyl groups excluding tert-OH is 1. The summed E-state index contributed by atoms with van der Waals surface area (Å²) in [6.45, 7) is 4.71. The largest absolute Gasteiger partial charge is 0.401 e. The van der Waals surface area contributed by atoms with Gasteiger partial charge < -0.3 is 5.11 Å². The molecule has 0 bridgehead atoms. The molecule has 0 saturated carbocycles. The second-order valence-electron chi connectivity index (χ2n) is 5.60. The number of rotatable bonds is 4. The lowest BCUT2D eigenvalue weighted by molar-refractivity contribution is -0.126. The smallest absolute Gasteiger partial charge is 0.394 e. The van der Waals surface area contributed by atoms with Crippen LogP contribution in [0.5, 0.6) is 0 Å². The Morgan fingerprint density at radius 3 is 2.00 bits per heavy atom. The van der Waals surface area contributed by atoms with Crippen molar-refractivity contribution in [2.45, 2.75) is 38.4 Å². The molecule has 1 unspecified atom stereocenters. The van der Waals surface area contributed by atoms with Gasteiger partial charge in [-0.15, -0.1) is 0 Å². The van der Waals surface area contributed by atoms with Gasteiger partial charge in [0.2, 0.25) is 0 Å². The average Bonchev–Trinajstić information content (AvgIpc) is 2.28. The summed E-state index contributed by atoms with van der Waals surface area (Å²) in [5.74, 6) is 0. The zero-order valence-electron chi connectivity index (χ0n) is 11.4. The number of aliphatic hydroxyl groups is 1. The Morgan fingerprint density at radius 1 is 1.11 bits per heavy atom. The second-order valence-corrected chi connectivity index (χ2v) is 5.60. The Balaban J connectivity index is 2.77. The van der Waals surface area contributed by atoms with Gasteiger partial charge in [-0.1, -0.05) is 45.0 Å². The van der Waals surface area contributed by atoms with Crippen molar-refractivity contribution < 1.29 is 18.3 Å². The van der Waals surface area contributed by atoms with Crippen LogP contribution in [-0.4, -0.2) is 24.4 Å². The summed E-state index contributed by atoms with van der Waals surface area (Å²) in [5.41, 5.74) is 1.75. The lowest BCUT2D eigenvalue weighted by Crippen LogP contribution is -2.33. The van der Waals surface area contributed by atoms with Gasteiger partial charge in [0.25, 0.3) is 0 Å². The Bertz CT molecular complexity index is 393. The van der Waals surface area contributed by atoms with Crippen LogP contribution in [0.15, 0.2) is 24.3 Å². The number of nitrogens with one attached hydrogen (secondary N) is 1. The molecule has 1 aromatic rings. The third-order valence-corrected chi connectivity index (χ3v) is 2.91. The van der Waals surface area contributed by atoms with Crippen molar-refractivity contribution in [3.05, 3.63) is 35.4 Å². The van der Waals surface area contributed by atoms with E-state index in [9.17, 15) is 18.3 Å². The molecule has 0 saturated heterocycles. The van der Waals surface area contributed by atoms with Crippen molar-refractivity contribution >= 4 is 0 Å². The first-order valence-corrected chi connectivity index (χ1v) is 6.15. The monoisotopic (exact) mass is 275 g/mol. The minimum atomic E-state index is -4.28. The fraction of sp³-hybridized carbons (Fsp3) is 0.571. The van der Waals surface area contributed by atoms with E-state index in [1.165, 1.54) is 0 Å². The maximum absolute atomic E-state index is 12.1. The van der Waals surface area contributed by atoms with Crippen LogP contribution in [0.25, 0.3) is 0 Å². The molecule has 0 heterocycles. The lowest BCUT2D eigenvalue weighted by Gasteiger charge is -2.22. The van der Waals surface area contributed by atoms with E-state index in [2.05, 4.69) is 26.1 Å². The maximum Gasteiger partial charge on any atom is 0.401 e. The molecule has 1 rings (SSSR count). The van der Waals surface area contributed by atoms with Crippen LogP contribution in [0.4, 0.5) is 13.2 Å². The van der Waals surface area contributed by atoms with Crippen molar-refractivity contribution in [3.63, 3.8) is 0 Å². The van der Waals surface area contributed by atoms with Crippen LogP contribution in [0.3, 0.4) is 0 Å². The predicted molar refractivity (Wildman–Crippen MR) is 69.0 cm³/mol. The molecule has 0 aliphatic carbocycles. The SMILES string of the molecule is CC(C)(C)c1ccc(C(CO)NCC(F)(F)F)cc1. The minimum Gasteiger partial charge on any atom is -0.394 e. The third kappa shape index (κ3) is 5.20. The normalized spacial score (nSPS) is 14.5. The van der Waals surface area contributed by atoms with Crippen LogP contribution < -0.4 is 5.32 Å². The molecule has 0 amide bonds. The van der Waals surface area contributed by atoms with Gasteiger partial charge in [-0.05, 0) is 16.5 Å². The van der Waals surface area contributed by atoms with Crippen molar-refractivity contribution in [2.75, 3.05) is 13.2 Å². The number of halogens is 3. The number of benzene rings is 1. The van der Waals surface area contributed by atoms with E-state index in [0.717, 1.165) is 5.56 Å². The van der Waals surface area contributed by atoms with Gasteiger partial charge >= 0.3 is 6.18 Å². The van der Waals surface area contributed by atoms with Gasteiger partial charge in [-0.3, -0.25) is 5.32 Å². The molecular formula is C14H20F3NO. The number of hydrogen-bond donors (Lipinski definition) is 2. The number of alkyl halides is 3. The molecule has 5 heteroatoms. The highest BCUT2D eigenvalue weighted by molar-refractivity contribution is 5.29. The van der Waals surface area contributed by atoms with Crippen molar-refractivity contribution in [1.82, 2.24) is 5.32 Å². The van der Waals surface area contributed by atoms with Crippen LogP contribution in [0, 0.1) is 0 Å². The van der Waals surface area contributed by atoms with Crippen molar-refractivity contribution in [3.8, 4) is 0 Å². The lowest BCUT2D eigenvalue weighted by atomic mass is 9.86. The topological polar surface area (TPSA) is 32.3 Å². The second kappa shape index (κ2) is 5.92. The molecule has 1 atom stereocenters. The fourth-order valence-electron chi connectivity index (χ4n) is 1.74. The van der Waals surface area contributed by atoms with E-state index in [1.54, 1.807) is 12.1 Å². The van der Waals surface area contributed by atoms with Gasteiger partial charge in [0.1, 0.15) is 0 Å². The standard InChI is InChI=1S/C14H20F3NO/c1-13(2,3)11-6-4-10(5-7-11)12(8-19)18-9-14(15,16)17/h4-7,12,18-19H,8-9H2,1-3H3. The molecular weight excluding hydrogens is 255 g/mol. The van der Waals surface area contributed by atoms with E-state index in [4.69, 9.17) is 0 Å². The first kappa shape index (κ1) is 16.0. The van der Waals surface area contributed by atoms with E-state index in [0.29, 0.717) is 5.56 Å². The van der Waals surface area contributed by atoms with Gasteiger partial charge in [0.05, 0.1) is 19.2 Å². The zero-order chi connectivity index (χ0) is 14.7.